The molecule has 0 aliphatic carbocycles. The Kier molecular flexibility index (Phi) is 6.20. The number of pyridine rings is 1. The molecule has 0 spiro atoms. The topological polar surface area (TPSA) is 75.1 Å². The number of rotatable bonds is 5. The quantitative estimate of drug-likeness (QED) is 0.658. The average molecular weight is 450 g/mol. The van der Waals surface area contributed by atoms with E-state index in [9.17, 15) is 4.79 Å². The highest BCUT2D eigenvalue weighted by Crippen LogP contribution is 2.31. The fraction of sp³-hybridized carbons (Fsp3) is 0.333. The van der Waals surface area contributed by atoms with Gasteiger partial charge in [-0.15, -0.1) is 0 Å². The third-order valence-corrected chi connectivity index (χ3v) is 5.68. The Morgan fingerprint density at radius 1 is 1.20 bits per heavy atom. The van der Waals surface area contributed by atoms with E-state index in [1.54, 1.807) is 24.4 Å². The van der Waals surface area contributed by atoms with Gasteiger partial charge in [-0.2, -0.15) is 0 Å². The lowest BCUT2D eigenvalue weighted by molar-refractivity contribution is 0.159. The van der Waals surface area contributed by atoms with Crippen molar-refractivity contribution in [2.75, 3.05) is 29.4 Å². The molecule has 1 amide bonds. The van der Waals surface area contributed by atoms with Crippen LogP contribution in [0.3, 0.4) is 0 Å². The third kappa shape index (κ3) is 4.57. The van der Waals surface area contributed by atoms with Crippen LogP contribution in [0.2, 0.25) is 10.0 Å². The number of aliphatic hydroxyl groups is 1. The summed E-state index contributed by atoms with van der Waals surface area (Å²) in [7, 11) is 0. The molecule has 2 aliphatic rings. The second-order valence-electron chi connectivity index (χ2n) is 7.13. The lowest BCUT2D eigenvalue weighted by Crippen LogP contribution is -2.38. The van der Waals surface area contributed by atoms with Crippen LogP contribution in [0.1, 0.15) is 12.8 Å². The lowest BCUT2D eigenvalue weighted by Gasteiger charge is -2.33. The molecule has 2 saturated heterocycles. The van der Waals surface area contributed by atoms with Crippen molar-refractivity contribution in [3.63, 3.8) is 0 Å². The molecule has 2 fully saturated rings. The minimum absolute atomic E-state index is 0.0624. The summed E-state index contributed by atoms with van der Waals surface area (Å²) in [6, 6.07) is 8.95. The first-order valence-electron chi connectivity index (χ1n) is 9.65. The van der Waals surface area contributed by atoms with E-state index in [0.29, 0.717) is 28.0 Å². The molecule has 4 rings (SSSR count). The number of cyclic esters (lactones) is 1. The summed E-state index contributed by atoms with van der Waals surface area (Å²) in [6.07, 6.45) is 4.79. The molecule has 2 aromatic rings. The molecule has 1 aromatic heterocycles. The van der Waals surface area contributed by atoms with Gasteiger partial charge < -0.3 is 19.5 Å². The second kappa shape index (κ2) is 9.02. The van der Waals surface area contributed by atoms with Gasteiger partial charge in [-0.3, -0.25) is 4.90 Å². The number of nitrogens with zero attached hydrogens (tertiary/aromatic N) is 3. The molecule has 1 unspecified atom stereocenters. The van der Waals surface area contributed by atoms with Gasteiger partial charge in [0, 0.05) is 37.0 Å². The summed E-state index contributed by atoms with van der Waals surface area (Å²) in [4.78, 5) is 20.2. The summed E-state index contributed by atoms with van der Waals surface area (Å²) >= 11 is 12.2. The highest BCUT2D eigenvalue weighted by atomic mass is 35.5. The van der Waals surface area contributed by atoms with Crippen molar-refractivity contribution >= 4 is 40.8 Å². The molecule has 30 heavy (non-hydrogen) atoms. The van der Waals surface area contributed by atoms with E-state index in [1.165, 1.54) is 11.0 Å². The Morgan fingerprint density at radius 2 is 2.00 bits per heavy atom. The van der Waals surface area contributed by atoms with Crippen molar-refractivity contribution in [1.82, 2.24) is 4.98 Å². The zero-order chi connectivity index (χ0) is 21.1. The SMILES string of the molecule is O=C1OC(/C=C/O)CN1c1ccc(N2CCC(Oc3cc(Cl)ccc3Cl)CC2)nc1. The first-order valence-corrected chi connectivity index (χ1v) is 10.4. The molecule has 1 atom stereocenters. The maximum absolute atomic E-state index is 12.0. The minimum Gasteiger partial charge on any atom is -0.516 e. The molecule has 7 nitrogen and oxygen atoms in total. The number of amides is 1. The van der Waals surface area contributed by atoms with E-state index in [-0.39, 0.29) is 6.10 Å². The maximum Gasteiger partial charge on any atom is 0.415 e. The van der Waals surface area contributed by atoms with Crippen LogP contribution in [-0.2, 0) is 4.74 Å². The summed E-state index contributed by atoms with van der Waals surface area (Å²) in [6.45, 7) is 1.93. The number of benzene rings is 1. The van der Waals surface area contributed by atoms with E-state index in [1.807, 2.05) is 12.1 Å². The van der Waals surface area contributed by atoms with Crippen LogP contribution in [0.15, 0.2) is 48.9 Å². The van der Waals surface area contributed by atoms with Gasteiger partial charge in [0.25, 0.3) is 0 Å². The zero-order valence-corrected chi connectivity index (χ0v) is 17.6. The van der Waals surface area contributed by atoms with Gasteiger partial charge in [0.1, 0.15) is 23.8 Å². The molecular formula is C21H21Cl2N3O4. The lowest BCUT2D eigenvalue weighted by atomic mass is 10.1. The highest BCUT2D eigenvalue weighted by Gasteiger charge is 2.31. The number of halogens is 2. The largest absolute Gasteiger partial charge is 0.516 e. The first kappa shape index (κ1) is 20.6. The number of hydrogen-bond acceptors (Lipinski definition) is 6. The number of carbonyl (C=O) groups is 1. The average Bonchev–Trinajstić information content (AvgIpc) is 3.12. The summed E-state index contributed by atoms with van der Waals surface area (Å²) in [5.74, 6) is 1.45. The fourth-order valence-corrected chi connectivity index (χ4v) is 3.89. The molecule has 0 bridgehead atoms. The predicted molar refractivity (Wildman–Crippen MR) is 116 cm³/mol. The van der Waals surface area contributed by atoms with Crippen LogP contribution in [0.5, 0.6) is 5.75 Å². The molecule has 9 heteroatoms. The highest BCUT2D eigenvalue weighted by molar-refractivity contribution is 6.34. The molecule has 0 radical (unpaired) electrons. The Morgan fingerprint density at radius 3 is 2.70 bits per heavy atom. The number of aliphatic hydroxyl groups excluding tert-OH is 1. The van der Waals surface area contributed by atoms with Crippen LogP contribution >= 0.6 is 23.2 Å². The van der Waals surface area contributed by atoms with Gasteiger partial charge in [-0.05, 0) is 30.3 Å². The van der Waals surface area contributed by atoms with Crippen LogP contribution in [0, 0.1) is 0 Å². The summed E-state index contributed by atoms with van der Waals surface area (Å²) in [5, 5.41) is 9.99. The number of ether oxygens (including phenoxy) is 2. The zero-order valence-electron chi connectivity index (χ0n) is 16.1. The van der Waals surface area contributed by atoms with Crippen molar-refractivity contribution in [2.45, 2.75) is 25.0 Å². The number of anilines is 2. The van der Waals surface area contributed by atoms with Gasteiger partial charge >= 0.3 is 6.09 Å². The molecule has 158 valence electrons. The van der Waals surface area contributed by atoms with Gasteiger partial charge in [-0.25, -0.2) is 9.78 Å². The molecule has 1 aromatic carbocycles. The standard InChI is InChI=1S/C21H21Cl2N3O4/c22-14-1-3-18(23)19(11-14)29-16-5-8-25(9-6-16)20-4-2-15(12-24-20)26-13-17(7-10-27)30-21(26)28/h1-4,7,10-12,16-17,27H,5-6,8-9,13H2/b10-7+. The Bertz CT molecular complexity index is 930. The molecule has 3 heterocycles. The number of carbonyl (C=O) groups excluding carboxylic acids is 1. The fourth-order valence-electron chi connectivity index (χ4n) is 3.57. The third-order valence-electron chi connectivity index (χ3n) is 5.13. The Hall–Kier alpha value is -2.64. The van der Waals surface area contributed by atoms with Gasteiger partial charge in [-0.1, -0.05) is 23.2 Å². The van der Waals surface area contributed by atoms with E-state index in [2.05, 4.69) is 9.88 Å². The van der Waals surface area contributed by atoms with E-state index < -0.39 is 12.2 Å². The van der Waals surface area contributed by atoms with Crippen LogP contribution in [0.25, 0.3) is 0 Å². The van der Waals surface area contributed by atoms with Crippen LogP contribution in [-0.4, -0.2) is 48.0 Å². The van der Waals surface area contributed by atoms with Gasteiger partial charge in [0.05, 0.1) is 29.7 Å². The van der Waals surface area contributed by atoms with Crippen molar-refractivity contribution < 1.29 is 19.4 Å². The predicted octanol–water partition coefficient (Wildman–Crippen LogP) is 4.83. The summed E-state index contributed by atoms with van der Waals surface area (Å²) in [5.41, 5.74) is 0.659. The van der Waals surface area contributed by atoms with Crippen molar-refractivity contribution in [1.29, 1.82) is 0 Å². The van der Waals surface area contributed by atoms with Crippen molar-refractivity contribution in [3.05, 3.63) is 58.9 Å². The van der Waals surface area contributed by atoms with E-state index in [4.69, 9.17) is 37.8 Å². The van der Waals surface area contributed by atoms with E-state index >= 15 is 0 Å². The normalized spacial score (nSPS) is 20.1. The second-order valence-corrected chi connectivity index (χ2v) is 7.97. The Balaban J connectivity index is 1.34. The minimum atomic E-state index is -0.464. The van der Waals surface area contributed by atoms with Crippen LogP contribution < -0.4 is 14.5 Å². The van der Waals surface area contributed by atoms with Gasteiger partial charge in [0.15, 0.2) is 0 Å². The van der Waals surface area contributed by atoms with Crippen LogP contribution in [0.4, 0.5) is 16.3 Å². The summed E-state index contributed by atoms with van der Waals surface area (Å²) < 4.78 is 11.2. The number of hydrogen-bond donors (Lipinski definition) is 1. The maximum atomic E-state index is 12.0. The number of piperidine rings is 1. The Labute approximate surface area is 184 Å². The molecule has 2 aliphatic heterocycles. The first-order chi connectivity index (χ1) is 14.5. The number of aromatic nitrogens is 1. The van der Waals surface area contributed by atoms with E-state index in [0.717, 1.165) is 38.0 Å². The monoisotopic (exact) mass is 449 g/mol. The van der Waals surface area contributed by atoms with Gasteiger partial charge in [0.2, 0.25) is 0 Å². The van der Waals surface area contributed by atoms with Crippen molar-refractivity contribution in [3.8, 4) is 5.75 Å². The molecular weight excluding hydrogens is 429 g/mol. The smallest absolute Gasteiger partial charge is 0.415 e. The molecule has 0 saturated carbocycles. The molecule has 1 N–H and O–H groups in total. The van der Waals surface area contributed by atoms with Crippen molar-refractivity contribution in [2.24, 2.45) is 0 Å².